The summed E-state index contributed by atoms with van der Waals surface area (Å²) in [5.74, 6) is -0.328. The van der Waals surface area contributed by atoms with Gasteiger partial charge in [-0.05, 0) is 19.4 Å². The second-order valence-electron chi connectivity index (χ2n) is 7.25. The van der Waals surface area contributed by atoms with E-state index in [1.165, 1.54) is 0 Å². The Kier molecular flexibility index (Phi) is 4.17. The third-order valence-electron chi connectivity index (χ3n) is 5.41. The van der Waals surface area contributed by atoms with Crippen molar-refractivity contribution >= 4 is 15.7 Å². The van der Waals surface area contributed by atoms with Gasteiger partial charge in [-0.15, -0.1) is 0 Å². The van der Waals surface area contributed by atoms with E-state index in [4.69, 9.17) is 4.74 Å². The van der Waals surface area contributed by atoms with Crippen LogP contribution in [0.2, 0.25) is 0 Å². The molecule has 2 aliphatic rings. The summed E-state index contributed by atoms with van der Waals surface area (Å²) in [4.78, 5) is 26.4. The van der Waals surface area contributed by atoms with Crippen molar-refractivity contribution in [3.8, 4) is 6.01 Å². The van der Waals surface area contributed by atoms with Crippen molar-refractivity contribution in [2.45, 2.75) is 18.1 Å². The minimum Gasteiger partial charge on any atom is -0.463 e. The van der Waals surface area contributed by atoms with E-state index in [1.54, 1.807) is 41.3 Å². The normalized spacial score (nSPS) is 22.6. The van der Waals surface area contributed by atoms with Gasteiger partial charge < -0.3 is 14.2 Å². The molecule has 144 valence electrons. The van der Waals surface area contributed by atoms with E-state index in [-0.39, 0.29) is 43.3 Å². The van der Waals surface area contributed by atoms with Gasteiger partial charge in [-0.3, -0.25) is 4.79 Å². The highest BCUT2D eigenvalue weighted by atomic mass is 32.2. The summed E-state index contributed by atoms with van der Waals surface area (Å²) in [6, 6.07) is 2.01. The van der Waals surface area contributed by atoms with Crippen LogP contribution in [0.3, 0.4) is 0 Å². The molecule has 2 fully saturated rings. The summed E-state index contributed by atoms with van der Waals surface area (Å²) in [6.07, 6.45) is 5.30. The zero-order valence-electron chi connectivity index (χ0n) is 15.2. The van der Waals surface area contributed by atoms with Gasteiger partial charge in [0, 0.05) is 44.1 Å². The predicted molar refractivity (Wildman–Crippen MR) is 96.0 cm³/mol. The molecule has 2 saturated heterocycles. The Labute approximate surface area is 157 Å². The van der Waals surface area contributed by atoms with Crippen molar-refractivity contribution < 1.29 is 17.9 Å². The molecule has 4 heterocycles. The maximum absolute atomic E-state index is 12.7. The third-order valence-corrected chi connectivity index (χ3v) is 8.02. The first kappa shape index (κ1) is 17.9. The lowest BCUT2D eigenvalue weighted by Crippen LogP contribution is -2.69. The first-order valence-corrected chi connectivity index (χ1v) is 10.4. The molecular formula is C17H21N5O4S. The third kappa shape index (κ3) is 2.97. The first-order valence-electron chi connectivity index (χ1n) is 8.73. The zero-order valence-corrected chi connectivity index (χ0v) is 16.0. The van der Waals surface area contributed by atoms with E-state index in [9.17, 15) is 13.2 Å². The highest BCUT2D eigenvalue weighted by Crippen LogP contribution is 2.45. The van der Waals surface area contributed by atoms with Gasteiger partial charge in [0.25, 0.3) is 5.91 Å². The number of nitrogens with zero attached hydrogens (tertiary/aromatic N) is 5. The number of imidazole rings is 1. The number of carbonyl (C=O) groups excluding carboxylic acids is 1. The maximum atomic E-state index is 12.7. The van der Waals surface area contributed by atoms with Crippen molar-refractivity contribution in [2.75, 3.05) is 25.4 Å². The van der Waals surface area contributed by atoms with Crippen LogP contribution in [0.1, 0.15) is 22.6 Å². The van der Waals surface area contributed by atoms with Crippen LogP contribution in [0.4, 0.5) is 0 Å². The molecule has 4 rings (SSSR count). The van der Waals surface area contributed by atoms with Crippen molar-refractivity contribution in [1.29, 1.82) is 0 Å². The fourth-order valence-corrected chi connectivity index (χ4v) is 6.21. The molecule has 0 radical (unpaired) electrons. The summed E-state index contributed by atoms with van der Waals surface area (Å²) in [5, 5.41) is 0. The Morgan fingerprint density at radius 3 is 2.81 bits per heavy atom. The zero-order chi connectivity index (χ0) is 19.2. The van der Waals surface area contributed by atoms with E-state index in [0.29, 0.717) is 12.1 Å². The Balaban J connectivity index is 1.47. The van der Waals surface area contributed by atoms with Gasteiger partial charge in [0.15, 0.2) is 9.84 Å². The number of sulfone groups is 1. The van der Waals surface area contributed by atoms with E-state index in [2.05, 4.69) is 15.0 Å². The molecule has 2 aromatic heterocycles. The number of aryl methyl sites for hydroxylation is 2. The number of likely N-dealkylation sites (tertiary alicyclic amines) is 1. The van der Waals surface area contributed by atoms with Gasteiger partial charge in [0.1, 0.15) is 10.4 Å². The van der Waals surface area contributed by atoms with Crippen molar-refractivity contribution in [2.24, 2.45) is 13.0 Å². The van der Waals surface area contributed by atoms with E-state index >= 15 is 0 Å². The van der Waals surface area contributed by atoms with Crippen LogP contribution in [0, 0.1) is 12.8 Å². The lowest BCUT2D eigenvalue weighted by atomic mass is 9.83. The summed E-state index contributed by atoms with van der Waals surface area (Å²) >= 11 is 0. The molecule has 2 aromatic rings. The van der Waals surface area contributed by atoms with Gasteiger partial charge in [0.2, 0.25) is 0 Å². The molecule has 0 aliphatic carbocycles. The van der Waals surface area contributed by atoms with Crippen molar-refractivity contribution in [3.63, 3.8) is 0 Å². The fourth-order valence-electron chi connectivity index (χ4n) is 3.81. The van der Waals surface area contributed by atoms with Crippen LogP contribution in [0.15, 0.2) is 24.8 Å². The second kappa shape index (κ2) is 6.29. The molecule has 1 amide bonds. The summed E-state index contributed by atoms with van der Waals surface area (Å²) in [7, 11) is -1.51. The standard InChI is InChI=1S/C17H21N5O4S/c1-12-3-5-18-16(20-12)26-8-13-4-6-27(24,25)17(13)9-22(10-17)15(23)14-7-21(2)11-19-14/h3,5,7,11,13H,4,6,8-10H2,1-2H3/t13-/m0/s1. The molecule has 0 saturated carbocycles. The topological polar surface area (TPSA) is 107 Å². The lowest BCUT2D eigenvalue weighted by Gasteiger charge is -2.49. The van der Waals surface area contributed by atoms with E-state index < -0.39 is 14.6 Å². The van der Waals surface area contributed by atoms with E-state index in [1.807, 2.05) is 6.92 Å². The smallest absolute Gasteiger partial charge is 0.316 e. The number of hydrogen-bond acceptors (Lipinski definition) is 7. The monoisotopic (exact) mass is 391 g/mol. The fraction of sp³-hybridized carbons (Fsp3) is 0.529. The largest absolute Gasteiger partial charge is 0.463 e. The summed E-state index contributed by atoms with van der Waals surface area (Å²) in [5.41, 5.74) is 1.10. The molecular weight excluding hydrogens is 370 g/mol. The number of rotatable bonds is 4. The molecule has 0 bridgehead atoms. The second-order valence-corrected chi connectivity index (χ2v) is 9.70. The molecule has 27 heavy (non-hydrogen) atoms. The Bertz CT molecular complexity index is 981. The van der Waals surface area contributed by atoms with Gasteiger partial charge in [0.05, 0.1) is 18.7 Å². The van der Waals surface area contributed by atoms with Crippen LogP contribution in [-0.2, 0) is 16.9 Å². The van der Waals surface area contributed by atoms with Crippen LogP contribution >= 0.6 is 0 Å². The van der Waals surface area contributed by atoms with Crippen LogP contribution in [-0.4, -0.2) is 68.9 Å². The van der Waals surface area contributed by atoms with Crippen LogP contribution in [0.25, 0.3) is 0 Å². The van der Waals surface area contributed by atoms with Gasteiger partial charge in [-0.2, -0.15) is 0 Å². The summed E-state index contributed by atoms with van der Waals surface area (Å²) < 4.78 is 31.8. The Hall–Kier alpha value is -2.49. The first-order chi connectivity index (χ1) is 12.8. The molecule has 1 atom stereocenters. The number of hydrogen-bond donors (Lipinski definition) is 0. The maximum Gasteiger partial charge on any atom is 0.316 e. The average molecular weight is 391 g/mol. The van der Waals surface area contributed by atoms with Gasteiger partial charge >= 0.3 is 6.01 Å². The molecule has 0 unspecified atom stereocenters. The Morgan fingerprint density at radius 2 is 2.15 bits per heavy atom. The Morgan fingerprint density at radius 1 is 1.37 bits per heavy atom. The van der Waals surface area contributed by atoms with Crippen molar-refractivity contribution in [3.05, 3.63) is 36.2 Å². The van der Waals surface area contributed by atoms with Crippen molar-refractivity contribution in [1.82, 2.24) is 24.4 Å². The highest BCUT2D eigenvalue weighted by molar-refractivity contribution is 7.93. The van der Waals surface area contributed by atoms with E-state index in [0.717, 1.165) is 5.69 Å². The van der Waals surface area contributed by atoms with Crippen LogP contribution in [0.5, 0.6) is 6.01 Å². The predicted octanol–water partition coefficient (Wildman–Crippen LogP) is 0.227. The van der Waals surface area contributed by atoms with Gasteiger partial charge in [-0.25, -0.2) is 23.4 Å². The molecule has 2 aliphatic heterocycles. The minimum atomic E-state index is -3.30. The SMILES string of the molecule is Cc1ccnc(OC[C@@H]2CCS(=O)(=O)C23CN(C(=O)c2cn(C)cn2)C3)n1. The van der Waals surface area contributed by atoms with Gasteiger partial charge in [-0.1, -0.05) is 0 Å². The number of aromatic nitrogens is 4. The number of ether oxygens (including phenoxy) is 1. The summed E-state index contributed by atoms with van der Waals surface area (Å²) in [6.45, 7) is 2.40. The molecule has 0 aromatic carbocycles. The highest BCUT2D eigenvalue weighted by Gasteiger charge is 2.62. The number of carbonyl (C=O) groups is 1. The average Bonchev–Trinajstić information content (AvgIpc) is 3.12. The molecule has 9 nitrogen and oxygen atoms in total. The number of amides is 1. The quantitative estimate of drug-likeness (QED) is 0.734. The minimum absolute atomic E-state index is 0.112. The molecule has 1 spiro atoms. The lowest BCUT2D eigenvalue weighted by molar-refractivity contribution is 0.0398. The molecule has 10 heteroatoms. The molecule has 0 N–H and O–H groups in total. The van der Waals surface area contributed by atoms with Crippen LogP contribution < -0.4 is 4.74 Å².